The topological polar surface area (TPSA) is 75.3 Å². The number of thiophene rings is 2. The van der Waals surface area contributed by atoms with Gasteiger partial charge in [-0.15, -0.1) is 29.3 Å². The van der Waals surface area contributed by atoms with Crippen molar-refractivity contribution in [1.82, 2.24) is 10.0 Å². The van der Waals surface area contributed by atoms with Gasteiger partial charge in [0.15, 0.2) is 0 Å². The lowest BCUT2D eigenvalue weighted by atomic mass is 10.4. The number of carbonyl (C=O) groups is 1. The number of amides is 1. The van der Waals surface area contributed by atoms with E-state index in [1.165, 1.54) is 23.5 Å². The van der Waals surface area contributed by atoms with Crippen LogP contribution >= 0.6 is 22.7 Å². The Morgan fingerprint density at radius 1 is 1.29 bits per heavy atom. The van der Waals surface area contributed by atoms with E-state index in [2.05, 4.69) is 16.6 Å². The first kappa shape index (κ1) is 15.9. The maximum Gasteiger partial charge on any atom is 0.262 e. The normalized spacial score (nSPS) is 11.2. The van der Waals surface area contributed by atoms with Crippen LogP contribution in [0.5, 0.6) is 0 Å². The molecule has 0 saturated carbocycles. The predicted octanol–water partition coefficient (Wildman–Crippen LogP) is 2.20. The van der Waals surface area contributed by atoms with E-state index in [9.17, 15) is 13.2 Å². The number of nitrogens with one attached hydrogen (secondary N) is 2. The Hall–Kier alpha value is -1.48. The molecule has 21 heavy (non-hydrogen) atoms. The Labute approximate surface area is 131 Å². The number of rotatable bonds is 7. The van der Waals surface area contributed by atoms with Crippen LogP contribution in [0.2, 0.25) is 0 Å². The van der Waals surface area contributed by atoms with Gasteiger partial charge in [-0.2, -0.15) is 0 Å². The third-order valence-corrected chi connectivity index (χ3v) is 5.91. The van der Waals surface area contributed by atoms with E-state index in [-0.39, 0.29) is 16.3 Å². The Balaban J connectivity index is 2.15. The summed E-state index contributed by atoms with van der Waals surface area (Å²) in [5.41, 5.74) is 0. The lowest BCUT2D eigenvalue weighted by Gasteiger charge is -2.07. The zero-order chi connectivity index (χ0) is 15.3. The Kier molecular flexibility index (Phi) is 5.29. The van der Waals surface area contributed by atoms with E-state index in [1.54, 1.807) is 5.38 Å². The van der Waals surface area contributed by atoms with Gasteiger partial charge in [-0.1, -0.05) is 12.1 Å². The molecule has 1 amide bonds. The summed E-state index contributed by atoms with van der Waals surface area (Å²) in [5.74, 6) is -0.415. The minimum atomic E-state index is -3.71. The molecule has 0 unspecified atom stereocenters. The van der Waals surface area contributed by atoms with Crippen LogP contribution in [0.3, 0.4) is 0 Å². The summed E-state index contributed by atoms with van der Waals surface area (Å²) in [5, 5.41) is 6.04. The van der Waals surface area contributed by atoms with E-state index < -0.39 is 15.9 Å². The summed E-state index contributed by atoms with van der Waals surface area (Å²) in [7, 11) is -3.71. The molecule has 5 nitrogen and oxygen atoms in total. The lowest BCUT2D eigenvalue weighted by molar-refractivity contribution is 0.0959. The van der Waals surface area contributed by atoms with Crippen LogP contribution in [-0.4, -0.2) is 20.9 Å². The smallest absolute Gasteiger partial charge is 0.262 e. The molecule has 0 aliphatic rings. The standard InChI is InChI=1S/C13H14N2O3S3/c1-2-6-14-13(16)12-11(5-8-20-12)21(17,18)15-9-10-4-3-7-19-10/h2-5,7-8,15H,1,6,9H2,(H,14,16). The maximum absolute atomic E-state index is 12.3. The minimum Gasteiger partial charge on any atom is -0.348 e. The van der Waals surface area contributed by atoms with Crippen LogP contribution in [0.1, 0.15) is 14.5 Å². The molecule has 0 aliphatic heterocycles. The average molecular weight is 342 g/mol. The quantitative estimate of drug-likeness (QED) is 0.758. The largest absolute Gasteiger partial charge is 0.348 e. The van der Waals surface area contributed by atoms with Gasteiger partial charge in [0.05, 0.1) is 0 Å². The van der Waals surface area contributed by atoms with E-state index >= 15 is 0 Å². The summed E-state index contributed by atoms with van der Waals surface area (Å²) >= 11 is 2.56. The second-order valence-electron chi connectivity index (χ2n) is 4.02. The second kappa shape index (κ2) is 6.99. The van der Waals surface area contributed by atoms with Crippen molar-refractivity contribution in [2.45, 2.75) is 11.4 Å². The van der Waals surface area contributed by atoms with Gasteiger partial charge in [0.1, 0.15) is 9.77 Å². The molecule has 0 bridgehead atoms. The van der Waals surface area contributed by atoms with Gasteiger partial charge in [0, 0.05) is 18.0 Å². The summed E-state index contributed by atoms with van der Waals surface area (Å²) < 4.78 is 27.1. The van der Waals surface area contributed by atoms with Crippen LogP contribution in [0, 0.1) is 0 Å². The fourth-order valence-electron chi connectivity index (χ4n) is 1.58. The number of hydrogen-bond donors (Lipinski definition) is 2. The molecule has 0 spiro atoms. The zero-order valence-corrected chi connectivity index (χ0v) is 13.5. The molecule has 0 fully saturated rings. The van der Waals surface area contributed by atoms with Gasteiger partial charge >= 0.3 is 0 Å². The second-order valence-corrected chi connectivity index (χ2v) is 7.70. The van der Waals surface area contributed by atoms with Crippen LogP contribution in [0.25, 0.3) is 0 Å². The van der Waals surface area contributed by atoms with Crippen LogP contribution in [0.15, 0.2) is 46.5 Å². The van der Waals surface area contributed by atoms with E-state index in [1.807, 2.05) is 17.5 Å². The first-order valence-electron chi connectivity index (χ1n) is 6.03. The van der Waals surface area contributed by atoms with Crippen LogP contribution < -0.4 is 10.0 Å². The van der Waals surface area contributed by atoms with Crippen LogP contribution in [-0.2, 0) is 16.6 Å². The highest BCUT2D eigenvalue weighted by atomic mass is 32.2. The molecule has 2 aromatic heterocycles. The fraction of sp³-hybridized carbons (Fsp3) is 0.154. The number of sulfonamides is 1. The Morgan fingerprint density at radius 3 is 2.76 bits per heavy atom. The molecule has 0 radical (unpaired) electrons. The third kappa shape index (κ3) is 4.01. The molecule has 2 rings (SSSR count). The molecule has 0 aliphatic carbocycles. The molecular formula is C13H14N2O3S3. The number of carbonyl (C=O) groups excluding carboxylic acids is 1. The van der Waals surface area contributed by atoms with Gasteiger partial charge in [-0.25, -0.2) is 13.1 Å². The van der Waals surface area contributed by atoms with Crippen molar-refractivity contribution in [1.29, 1.82) is 0 Å². The third-order valence-electron chi connectivity index (χ3n) is 2.55. The van der Waals surface area contributed by atoms with Gasteiger partial charge < -0.3 is 5.32 Å². The lowest BCUT2D eigenvalue weighted by Crippen LogP contribution is -2.27. The molecule has 2 aromatic rings. The van der Waals surface area contributed by atoms with E-state index in [0.29, 0.717) is 6.54 Å². The van der Waals surface area contributed by atoms with Gasteiger partial charge in [0.2, 0.25) is 10.0 Å². The van der Waals surface area contributed by atoms with Crippen molar-refractivity contribution in [3.63, 3.8) is 0 Å². The van der Waals surface area contributed by atoms with E-state index in [0.717, 1.165) is 16.2 Å². The summed E-state index contributed by atoms with van der Waals surface area (Å²) in [6.07, 6.45) is 1.54. The van der Waals surface area contributed by atoms with Gasteiger partial charge in [-0.05, 0) is 22.9 Å². The zero-order valence-electron chi connectivity index (χ0n) is 11.0. The highest BCUT2D eigenvalue weighted by Gasteiger charge is 2.23. The van der Waals surface area contributed by atoms with Crippen molar-refractivity contribution < 1.29 is 13.2 Å². The highest BCUT2D eigenvalue weighted by Crippen LogP contribution is 2.22. The summed E-state index contributed by atoms with van der Waals surface area (Å²) in [6.45, 7) is 4.00. The molecular weight excluding hydrogens is 328 g/mol. The molecule has 0 aromatic carbocycles. The first-order chi connectivity index (χ1) is 10.0. The minimum absolute atomic E-state index is 0.00520. The van der Waals surface area contributed by atoms with Crippen LogP contribution in [0.4, 0.5) is 0 Å². The van der Waals surface area contributed by atoms with Crippen molar-refractivity contribution in [3.8, 4) is 0 Å². The highest BCUT2D eigenvalue weighted by molar-refractivity contribution is 7.89. The van der Waals surface area contributed by atoms with Crippen molar-refractivity contribution in [2.24, 2.45) is 0 Å². The van der Waals surface area contributed by atoms with Crippen molar-refractivity contribution in [2.75, 3.05) is 6.54 Å². The van der Waals surface area contributed by atoms with Crippen molar-refractivity contribution in [3.05, 3.63) is 51.4 Å². The molecule has 0 saturated heterocycles. The Bertz CT molecular complexity index is 718. The predicted molar refractivity (Wildman–Crippen MR) is 85.2 cm³/mol. The first-order valence-corrected chi connectivity index (χ1v) is 9.27. The molecule has 112 valence electrons. The average Bonchev–Trinajstić information content (AvgIpc) is 3.13. The van der Waals surface area contributed by atoms with E-state index in [4.69, 9.17) is 0 Å². The maximum atomic E-state index is 12.3. The van der Waals surface area contributed by atoms with Gasteiger partial charge in [0.25, 0.3) is 5.91 Å². The Morgan fingerprint density at radius 2 is 2.10 bits per heavy atom. The monoisotopic (exact) mass is 342 g/mol. The SMILES string of the molecule is C=CCNC(=O)c1sccc1S(=O)(=O)NCc1cccs1. The molecule has 0 atom stereocenters. The fourth-order valence-corrected chi connectivity index (χ4v) is 4.66. The van der Waals surface area contributed by atoms with Gasteiger partial charge in [-0.3, -0.25) is 4.79 Å². The summed E-state index contributed by atoms with van der Waals surface area (Å²) in [6, 6.07) is 5.13. The summed E-state index contributed by atoms with van der Waals surface area (Å²) in [4.78, 5) is 13.0. The molecule has 8 heteroatoms. The molecule has 2 heterocycles. The molecule has 2 N–H and O–H groups in total. The van der Waals surface area contributed by atoms with Crippen molar-refractivity contribution >= 4 is 38.6 Å². The number of hydrogen-bond acceptors (Lipinski definition) is 5.